The van der Waals surface area contributed by atoms with Crippen LogP contribution in [0.25, 0.3) is 17.1 Å². The van der Waals surface area contributed by atoms with Gasteiger partial charge in [0, 0.05) is 22.0 Å². The Labute approximate surface area is 196 Å². The normalized spacial score (nSPS) is 10.9. The summed E-state index contributed by atoms with van der Waals surface area (Å²) in [5, 5.41) is 13.1. The Kier molecular flexibility index (Phi) is 6.63. The summed E-state index contributed by atoms with van der Waals surface area (Å²) >= 11 is 7.44. The fourth-order valence-corrected chi connectivity index (χ4v) is 4.33. The number of rotatable bonds is 6. The minimum absolute atomic E-state index is 0.0949. The van der Waals surface area contributed by atoms with E-state index in [1.165, 1.54) is 17.3 Å². The molecule has 0 atom stereocenters. The molecule has 1 heterocycles. The van der Waals surface area contributed by atoms with Crippen LogP contribution in [0.5, 0.6) is 0 Å². The zero-order chi connectivity index (χ0) is 22.7. The van der Waals surface area contributed by atoms with Crippen LogP contribution in [0.15, 0.2) is 71.9 Å². The van der Waals surface area contributed by atoms with Gasteiger partial charge in [-0.05, 0) is 68.3 Å². The van der Waals surface area contributed by atoms with E-state index in [9.17, 15) is 4.79 Å². The first-order valence-electron chi connectivity index (χ1n) is 10.2. The summed E-state index contributed by atoms with van der Waals surface area (Å²) in [5.41, 5.74) is 6.02. The van der Waals surface area contributed by atoms with Gasteiger partial charge in [0.05, 0.1) is 5.75 Å². The molecule has 4 rings (SSSR count). The van der Waals surface area contributed by atoms with Gasteiger partial charge in [-0.1, -0.05) is 59.3 Å². The number of nitrogens with zero attached hydrogens (tertiary/aromatic N) is 3. The largest absolute Gasteiger partial charge is 0.325 e. The minimum Gasteiger partial charge on any atom is -0.325 e. The summed E-state index contributed by atoms with van der Waals surface area (Å²) in [7, 11) is 0. The van der Waals surface area contributed by atoms with Gasteiger partial charge in [0.2, 0.25) is 5.91 Å². The molecule has 4 aromatic rings. The minimum atomic E-state index is -0.0949. The molecule has 0 unspecified atom stereocenters. The number of halogens is 1. The number of thioether (sulfide) groups is 1. The molecule has 0 spiro atoms. The van der Waals surface area contributed by atoms with Crippen LogP contribution in [-0.4, -0.2) is 26.4 Å². The van der Waals surface area contributed by atoms with Crippen LogP contribution < -0.4 is 5.32 Å². The first kappa shape index (κ1) is 22.1. The van der Waals surface area contributed by atoms with Crippen LogP contribution in [-0.2, 0) is 4.79 Å². The predicted octanol–water partition coefficient (Wildman–Crippen LogP) is 6.24. The lowest BCUT2D eigenvalue weighted by atomic mass is 10.1. The molecular formula is C25H23ClN4OS. The highest BCUT2D eigenvalue weighted by Gasteiger charge is 2.17. The van der Waals surface area contributed by atoms with Crippen molar-refractivity contribution >= 4 is 35.0 Å². The number of carbonyl (C=O) groups is 1. The summed E-state index contributed by atoms with van der Waals surface area (Å²) in [6, 6.07) is 21.6. The van der Waals surface area contributed by atoms with Crippen LogP contribution in [0.3, 0.4) is 0 Å². The van der Waals surface area contributed by atoms with Crippen molar-refractivity contribution in [1.82, 2.24) is 14.8 Å². The molecule has 162 valence electrons. The van der Waals surface area contributed by atoms with Crippen molar-refractivity contribution in [2.24, 2.45) is 0 Å². The molecule has 3 aromatic carbocycles. The Balaban J connectivity index is 1.59. The lowest BCUT2D eigenvalue weighted by molar-refractivity contribution is -0.113. The lowest BCUT2D eigenvalue weighted by Gasteiger charge is -2.11. The van der Waals surface area contributed by atoms with E-state index in [0.29, 0.717) is 16.0 Å². The second-order valence-corrected chi connectivity index (χ2v) is 9.08. The highest BCUT2D eigenvalue weighted by atomic mass is 35.5. The summed E-state index contributed by atoms with van der Waals surface area (Å²) in [4.78, 5) is 12.6. The number of aromatic nitrogens is 3. The Morgan fingerprint density at radius 2 is 1.56 bits per heavy atom. The van der Waals surface area contributed by atoms with Crippen molar-refractivity contribution in [3.8, 4) is 17.1 Å². The van der Waals surface area contributed by atoms with Crippen molar-refractivity contribution in [3.05, 3.63) is 88.4 Å². The van der Waals surface area contributed by atoms with E-state index in [1.807, 2.05) is 86.0 Å². The lowest BCUT2D eigenvalue weighted by Crippen LogP contribution is -2.14. The van der Waals surface area contributed by atoms with Gasteiger partial charge in [-0.3, -0.25) is 9.36 Å². The average Bonchev–Trinajstić information content (AvgIpc) is 3.16. The first-order chi connectivity index (χ1) is 15.4. The number of hydrogen-bond donors (Lipinski definition) is 1. The van der Waals surface area contributed by atoms with Gasteiger partial charge in [-0.25, -0.2) is 0 Å². The standard InChI is InChI=1S/C25H23ClN4OS/c1-16-4-6-19(7-5-16)24-28-29-25(30(24)22-10-8-20(26)9-11-22)32-15-23(31)27-21-13-17(2)12-18(3)14-21/h4-14H,15H2,1-3H3,(H,27,31). The summed E-state index contributed by atoms with van der Waals surface area (Å²) in [6.45, 7) is 6.07. The molecule has 7 heteroatoms. The maximum absolute atomic E-state index is 12.6. The van der Waals surface area contributed by atoms with Crippen LogP contribution in [0.4, 0.5) is 5.69 Å². The van der Waals surface area contributed by atoms with Gasteiger partial charge in [-0.2, -0.15) is 0 Å². The quantitative estimate of drug-likeness (QED) is 0.344. The van der Waals surface area contributed by atoms with E-state index < -0.39 is 0 Å². The van der Waals surface area contributed by atoms with Gasteiger partial charge in [0.15, 0.2) is 11.0 Å². The van der Waals surface area contributed by atoms with Crippen molar-refractivity contribution in [3.63, 3.8) is 0 Å². The molecule has 0 bridgehead atoms. The van der Waals surface area contributed by atoms with E-state index in [0.717, 1.165) is 28.1 Å². The number of nitrogens with one attached hydrogen (secondary N) is 1. The zero-order valence-electron chi connectivity index (χ0n) is 18.1. The van der Waals surface area contributed by atoms with E-state index in [-0.39, 0.29) is 11.7 Å². The Hall–Kier alpha value is -3.09. The number of hydrogen-bond acceptors (Lipinski definition) is 4. The topological polar surface area (TPSA) is 59.8 Å². The molecule has 1 aromatic heterocycles. The average molecular weight is 463 g/mol. The van der Waals surface area contributed by atoms with Gasteiger partial charge in [0.1, 0.15) is 0 Å². The second-order valence-electron chi connectivity index (χ2n) is 7.70. The third kappa shape index (κ3) is 5.21. The van der Waals surface area contributed by atoms with Crippen LogP contribution in [0, 0.1) is 20.8 Å². The third-order valence-electron chi connectivity index (χ3n) is 4.87. The van der Waals surface area contributed by atoms with Crippen molar-refractivity contribution in [2.45, 2.75) is 25.9 Å². The molecule has 0 aliphatic heterocycles. The molecule has 32 heavy (non-hydrogen) atoms. The van der Waals surface area contributed by atoms with E-state index in [2.05, 4.69) is 21.6 Å². The van der Waals surface area contributed by atoms with Crippen molar-refractivity contribution in [2.75, 3.05) is 11.1 Å². The smallest absolute Gasteiger partial charge is 0.234 e. The predicted molar refractivity (Wildman–Crippen MR) is 132 cm³/mol. The fourth-order valence-electron chi connectivity index (χ4n) is 3.45. The second kappa shape index (κ2) is 9.59. The summed E-state index contributed by atoms with van der Waals surface area (Å²) in [5.74, 6) is 0.833. The number of amides is 1. The van der Waals surface area contributed by atoms with Crippen LogP contribution >= 0.6 is 23.4 Å². The molecule has 1 amide bonds. The maximum atomic E-state index is 12.6. The van der Waals surface area contributed by atoms with Crippen LogP contribution in [0.2, 0.25) is 5.02 Å². The molecule has 0 radical (unpaired) electrons. The van der Waals surface area contributed by atoms with E-state index in [1.54, 1.807) is 0 Å². The van der Waals surface area contributed by atoms with Crippen molar-refractivity contribution in [1.29, 1.82) is 0 Å². The van der Waals surface area contributed by atoms with Gasteiger partial charge < -0.3 is 5.32 Å². The molecule has 1 N–H and O–H groups in total. The molecule has 0 aliphatic carbocycles. The van der Waals surface area contributed by atoms with E-state index >= 15 is 0 Å². The Morgan fingerprint density at radius 3 is 2.22 bits per heavy atom. The van der Waals surface area contributed by atoms with Gasteiger partial charge in [0.25, 0.3) is 0 Å². The SMILES string of the molecule is Cc1ccc(-c2nnc(SCC(=O)Nc3cc(C)cc(C)c3)n2-c2ccc(Cl)cc2)cc1. The highest BCUT2D eigenvalue weighted by molar-refractivity contribution is 7.99. The Bertz CT molecular complexity index is 1230. The monoisotopic (exact) mass is 462 g/mol. The zero-order valence-corrected chi connectivity index (χ0v) is 19.7. The number of carbonyl (C=O) groups excluding carboxylic acids is 1. The van der Waals surface area contributed by atoms with E-state index in [4.69, 9.17) is 11.6 Å². The third-order valence-corrected chi connectivity index (χ3v) is 6.05. The highest BCUT2D eigenvalue weighted by Crippen LogP contribution is 2.29. The maximum Gasteiger partial charge on any atom is 0.234 e. The number of anilines is 1. The first-order valence-corrected chi connectivity index (χ1v) is 11.5. The Morgan fingerprint density at radius 1 is 0.906 bits per heavy atom. The summed E-state index contributed by atoms with van der Waals surface area (Å²) < 4.78 is 1.95. The molecule has 0 saturated carbocycles. The molecular weight excluding hydrogens is 440 g/mol. The summed E-state index contributed by atoms with van der Waals surface area (Å²) in [6.07, 6.45) is 0. The number of benzene rings is 3. The molecule has 0 aliphatic rings. The molecule has 5 nitrogen and oxygen atoms in total. The van der Waals surface area contributed by atoms with Crippen molar-refractivity contribution < 1.29 is 4.79 Å². The van der Waals surface area contributed by atoms with Crippen LogP contribution in [0.1, 0.15) is 16.7 Å². The molecule has 0 saturated heterocycles. The van der Waals surface area contributed by atoms with Gasteiger partial charge >= 0.3 is 0 Å². The fraction of sp³-hybridized carbons (Fsp3) is 0.160. The molecule has 0 fully saturated rings. The van der Waals surface area contributed by atoms with Gasteiger partial charge in [-0.15, -0.1) is 10.2 Å². The number of aryl methyl sites for hydroxylation is 3.